The van der Waals surface area contributed by atoms with Gasteiger partial charge in [-0.1, -0.05) is 23.7 Å². The lowest BCUT2D eigenvalue weighted by Gasteiger charge is -2.18. The van der Waals surface area contributed by atoms with Gasteiger partial charge in [0.15, 0.2) is 0 Å². The van der Waals surface area contributed by atoms with E-state index in [0.29, 0.717) is 5.92 Å². The zero-order valence-corrected chi connectivity index (χ0v) is 8.00. The van der Waals surface area contributed by atoms with Crippen molar-refractivity contribution in [3.63, 3.8) is 0 Å². The summed E-state index contributed by atoms with van der Waals surface area (Å²) in [6.07, 6.45) is 4.89. The highest BCUT2D eigenvalue weighted by Crippen LogP contribution is 2.24. The summed E-state index contributed by atoms with van der Waals surface area (Å²) < 4.78 is 5.25. The van der Waals surface area contributed by atoms with Crippen molar-refractivity contribution in [3.05, 3.63) is 47.2 Å². The maximum Gasteiger partial charge on any atom is 0.0944 e. The van der Waals surface area contributed by atoms with Gasteiger partial charge < -0.3 is 4.74 Å². The van der Waals surface area contributed by atoms with Crippen LogP contribution in [0.3, 0.4) is 0 Å². The summed E-state index contributed by atoms with van der Waals surface area (Å²) in [5.74, 6) is 0.488. The van der Waals surface area contributed by atoms with Crippen LogP contribution in [0.25, 0.3) is 0 Å². The molecular formula is C11H11ClO. The van der Waals surface area contributed by atoms with Crippen molar-refractivity contribution in [2.45, 2.75) is 12.3 Å². The Hall–Kier alpha value is -0.950. The van der Waals surface area contributed by atoms with E-state index in [2.05, 4.69) is 18.2 Å². The minimum atomic E-state index is 0.488. The monoisotopic (exact) mass is 194 g/mol. The van der Waals surface area contributed by atoms with Crippen molar-refractivity contribution in [1.29, 1.82) is 0 Å². The van der Waals surface area contributed by atoms with Gasteiger partial charge in [-0.15, -0.1) is 0 Å². The molecule has 1 aromatic rings. The van der Waals surface area contributed by atoms with Gasteiger partial charge in [0.05, 0.1) is 12.9 Å². The van der Waals surface area contributed by atoms with Gasteiger partial charge in [0.25, 0.3) is 0 Å². The Kier molecular flexibility index (Phi) is 2.55. The molecule has 1 aromatic carbocycles. The number of hydrogen-bond donors (Lipinski definition) is 0. The van der Waals surface area contributed by atoms with E-state index in [1.54, 1.807) is 6.26 Å². The highest BCUT2D eigenvalue weighted by Gasteiger charge is 2.12. The molecule has 0 aromatic heterocycles. The molecule has 1 aliphatic heterocycles. The van der Waals surface area contributed by atoms with Crippen LogP contribution in [0.1, 0.15) is 17.9 Å². The molecule has 13 heavy (non-hydrogen) atoms. The summed E-state index contributed by atoms with van der Waals surface area (Å²) in [6.45, 7) is 0.776. The molecule has 0 saturated carbocycles. The molecule has 68 valence electrons. The predicted molar refractivity (Wildman–Crippen MR) is 53.9 cm³/mol. The smallest absolute Gasteiger partial charge is 0.0944 e. The second kappa shape index (κ2) is 3.84. The zero-order chi connectivity index (χ0) is 9.10. The SMILES string of the molecule is Clc1ccc(C2CC=COC2)cc1. The molecule has 2 rings (SSSR count). The van der Waals surface area contributed by atoms with E-state index in [-0.39, 0.29) is 0 Å². The largest absolute Gasteiger partial charge is 0.501 e. The quantitative estimate of drug-likeness (QED) is 0.666. The topological polar surface area (TPSA) is 9.23 Å². The Morgan fingerprint density at radius 1 is 1.23 bits per heavy atom. The zero-order valence-electron chi connectivity index (χ0n) is 7.24. The van der Waals surface area contributed by atoms with Crippen molar-refractivity contribution in [3.8, 4) is 0 Å². The van der Waals surface area contributed by atoms with Gasteiger partial charge >= 0.3 is 0 Å². The summed E-state index contributed by atoms with van der Waals surface area (Å²) in [5.41, 5.74) is 1.30. The van der Waals surface area contributed by atoms with E-state index in [0.717, 1.165) is 18.1 Å². The van der Waals surface area contributed by atoms with E-state index in [4.69, 9.17) is 16.3 Å². The van der Waals surface area contributed by atoms with E-state index >= 15 is 0 Å². The molecule has 2 heteroatoms. The van der Waals surface area contributed by atoms with Crippen molar-refractivity contribution in [1.82, 2.24) is 0 Å². The predicted octanol–water partition coefficient (Wildman–Crippen LogP) is 3.36. The Morgan fingerprint density at radius 3 is 2.62 bits per heavy atom. The third-order valence-corrected chi connectivity index (χ3v) is 2.50. The van der Waals surface area contributed by atoms with Crippen molar-refractivity contribution < 1.29 is 4.74 Å². The summed E-state index contributed by atoms with van der Waals surface area (Å²) in [5, 5.41) is 0.788. The number of halogens is 1. The van der Waals surface area contributed by atoms with Crippen LogP contribution >= 0.6 is 11.6 Å². The Morgan fingerprint density at radius 2 is 2.00 bits per heavy atom. The molecule has 0 spiro atoms. The molecule has 0 bridgehead atoms. The molecular weight excluding hydrogens is 184 g/mol. The van der Waals surface area contributed by atoms with Crippen LogP contribution in [0.15, 0.2) is 36.6 Å². The summed E-state index contributed by atoms with van der Waals surface area (Å²) in [4.78, 5) is 0. The van der Waals surface area contributed by atoms with Gasteiger partial charge in [-0.2, -0.15) is 0 Å². The third kappa shape index (κ3) is 2.04. The lowest BCUT2D eigenvalue weighted by molar-refractivity contribution is 0.210. The van der Waals surface area contributed by atoms with Crippen LogP contribution in [0, 0.1) is 0 Å². The van der Waals surface area contributed by atoms with Crippen LogP contribution in [0.4, 0.5) is 0 Å². The van der Waals surface area contributed by atoms with Crippen LogP contribution in [-0.2, 0) is 4.74 Å². The molecule has 1 aliphatic rings. The normalized spacial score (nSPS) is 21.2. The first-order chi connectivity index (χ1) is 6.36. The van der Waals surface area contributed by atoms with Crippen molar-refractivity contribution in [2.24, 2.45) is 0 Å². The Bertz CT molecular complexity index is 302. The molecule has 1 unspecified atom stereocenters. The van der Waals surface area contributed by atoms with Crippen LogP contribution in [0.2, 0.25) is 5.02 Å². The fraction of sp³-hybridized carbons (Fsp3) is 0.273. The highest BCUT2D eigenvalue weighted by atomic mass is 35.5. The standard InChI is InChI=1S/C11H11ClO/c12-11-5-3-9(4-6-11)10-2-1-7-13-8-10/h1,3-7,10H,2,8H2. The second-order valence-corrected chi connectivity index (χ2v) is 3.63. The summed E-state index contributed by atoms with van der Waals surface area (Å²) in [6, 6.07) is 7.98. The van der Waals surface area contributed by atoms with E-state index < -0.39 is 0 Å². The van der Waals surface area contributed by atoms with Crippen molar-refractivity contribution in [2.75, 3.05) is 6.61 Å². The number of ether oxygens (including phenoxy) is 1. The molecule has 0 N–H and O–H groups in total. The number of benzene rings is 1. The van der Waals surface area contributed by atoms with E-state index in [1.165, 1.54) is 5.56 Å². The molecule has 1 heterocycles. The van der Waals surface area contributed by atoms with Gasteiger partial charge in [0.1, 0.15) is 0 Å². The summed E-state index contributed by atoms with van der Waals surface area (Å²) >= 11 is 5.81. The van der Waals surface area contributed by atoms with Gasteiger partial charge in [-0.25, -0.2) is 0 Å². The average Bonchev–Trinajstić information content (AvgIpc) is 2.20. The fourth-order valence-electron chi connectivity index (χ4n) is 1.49. The van der Waals surface area contributed by atoms with Gasteiger partial charge in [0.2, 0.25) is 0 Å². The third-order valence-electron chi connectivity index (χ3n) is 2.25. The molecule has 0 aliphatic carbocycles. The first-order valence-corrected chi connectivity index (χ1v) is 4.76. The van der Waals surface area contributed by atoms with Gasteiger partial charge in [-0.05, 0) is 30.2 Å². The Balaban J connectivity index is 2.15. The average molecular weight is 195 g/mol. The van der Waals surface area contributed by atoms with Crippen LogP contribution in [-0.4, -0.2) is 6.61 Å². The first kappa shape index (κ1) is 8.64. The van der Waals surface area contributed by atoms with Gasteiger partial charge in [-0.3, -0.25) is 0 Å². The molecule has 1 atom stereocenters. The summed E-state index contributed by atoms with van der Waals surface area (Å²) in [7, 11) is 0. The van der Waals surface area contributed by atoms with Crippen LogP contribution < -0.4 is 0 Å². The number of hydrogen-bond acceptors (Lipinski definition) is 1. The minimum Gasteiger partial charge on any atom is -0.501 e. The van der Waals surface area contributed by atoms with Crippen molar-refractivity contribution >= 4 is 11.6 Å². The molecule has 0 saturated heterocycles. The first-order valence-electron chi connectivity index (χ1n) is 4.38. The lowest BCUT2D eigenvalue weighted by atomic mass is 9.96. The van der Waals surface area contributed by atoms with Crippen LogP contribution in [0.5, 0.6) is 0 Å². The molecule has 0 radical (unpaired) electrons. The van der Waals surface area contributed by atoms with E-state index in [1.807, 2.05) is 12.1 Å². The highest BCUT2D eigenvalue weighted by molar-refractivity contribution is 6.30. The molecule has 0 fully saturated rings. The Labute approximate surface area is 83.0 Å². The minimum absolute atomic E-state index is 0.488. The molecule has 1 nitrogen and oxygen atoms in total. The maximum absolute atomic E-state index is 5.81. The fourth-order valence-corrected chi connectivity index (χ4v) is 1.62. The second-order valence-electron chi connectivity index (χ2n) is 3.19. The lowest BCUT2D eigenvalue weighted by Crippen LogP contribution is -2.08. The van der Waals surface area contributed by atoms with E-state index in [9.17, 15) is 0 Å². The molecule has 0 amide bonds. The number of rotatable bonds is 1. The number of allylic oxidation sites excluding steroid dienone is 1. The van der Waals surface area contributed by atoms with Gasteiger partial charge in [0, 0.05) is 10.9 Å². The maximum atomic E-state index is 5.81.